The molecule has 0 radical (unpaired) electrons. The van der Waals surface area contributed by atoms with E-state index in [9.17, 15) is 22.9 Å². The summed E-state index contributed by atoms with van der Waals surface area (Å²) in [6, 6.07) is 18.7. The van der Waals surface area contributed by atoms with Crippen LogP contribution in [-0.4, -0.2) is 32.2 Å². The fraction of sp³-hybridized carbons (Fsp3) is 0.120. The van der Waals surface area contributed by atoms with E-state index in [-0.39, 0.29) is 16.6 Å². The minimum atomic E-state index is -5.74. The Morgan fingerprint density at radius 2 is 1.62 bits per heavy atom. The summed E-state index contributed by atoms with van der Waals surface area (Å²) in [4.78, 5) is 42.5. The van der Waals surface area contributed by atoms with Crippen molar-refractivity contribution in [3.8, 4) is 0 Å². The summed E-state index contributed by atoms with van der Waals surface area (Å²) in [5.41, 5.74) is -2.70. The molecule has 1 amide bonds. The molecule has 3 rings (SSSR count). The van der Waals surface area contributed by atoms with Crippen LogP contribution in [0.25, 0.3) is 5.70 Å². The van der Waals surface area contributed by atoms with E-state index in [1.54, 1.807) is 48.7 Å². The van der Waals surface area contributed by atoms with Crippen LogP contribution in [0.5, 0.6) is 0 Å². The number of carbonyl (C=O) groups excluding carboxylic acids is 1. The number of benzene rings is 3. The third kappa shape index (κ3) is 6.90. The van der Waals surface area contributed by atoms with E-state index < -0.39 is 24.8 Å². The highest BCUT2D eigenvalue weighted by Gasteiger charge is 2.51. The lowest BCUT2D eigenvalue weighted by Gasteiger charge is -2.23. The van der Waals surface area contributed by atoms with Crippen LogP contribution in [0.4, 0.5) is 8.78 Å². The first kappa shape index (κ1) is 28.2. The Bertz CT molecular complexity index is 1350. The van der Waals surface area contributed by atoms with Gasteiger partial charge in [0.15, 0.2) is 0 Å². The molecule has 12 heteroatoms. The quantitative estimate of drug-likeness (QED) is 0.179. The molecule has 0 aliphatic rings. The van der Waals surface area contributed by atoms with Gasteiger partial charge in [-0.05, 0) is 34.9 Å². The zero-order valence-electron chi connectivity index (χ0n) is 19.1. The van der Waals surface area contributed by atoms with E-state index in [4.69, 9.17) is 14.9 Å². The van der Waals surface area contributed by atoms with E-state index in [1.807, 2.05) is 0 Å². The third-order valence-corrected chi connectivity index (χ3v) is 6.96. The van der Waals surface area contributed by atoms with Gasteiger partial charge in [0.05, 0.1) is 17.8 Å². The highest BCUT2D eigenvalue weighted by Crippen LogP contribution is 2.60. The van der Waals surface area contributed by atoms with Crippen LogP contribution < -0.4 is 5.32 Å². The summed E-state index contributed by atoms with van der Waals surface area (Å²) in [5, 5.41) is 12.1. The molecular formula is C25H22BrF2N2O6P. The van der Waals surface area contributed by atoms with Crippen LogP contribution in [0.15, 0.2) is 83.5 Å². The summed E-state index contributed by atoms with van der Waals surface area (Å²) in [7, 11) is -5.74. The molecule has 3 aromatic carbocycles. The maximum absolute atomic E-state index is 14.2. The first-order chi connectivity index (χ1) is 17.4. The first-order valence-electron chi connectivity index (χ1n) is 10.7. The average Bonchev–Trinajstić information content (AvgIpc) is 2.85. The monoisotopic (exact) mass is 594 g/mol. The molecule has 0 saturated carbocycles. The number of alkyl halides is 2. The molecule has 0 saturated heterocycles. The van der Waals surface area contributed by atoms with Gasteiger partial charge in [-0.3, -0.25) is 9.36 Å². The summed E-state index contributed by atoms with van der Waals surface area (Å²) in [6.45, 7) is 0.306. The van der Waals surface area contributed by atoms with Gasteiger partial charge in [-0.25, -0.2) is 4.79 Å². The zero-order chi connectivity index (χ0) is 27.2. The topological polar surface area (TPSA) is 127 Å². The van der Waals surface area contributed by atoms with E-state index >= 15 is 0 Å². The van der Waals surface area contributed by atoms with Gasteiger partial charge < -0.3 is 25.1 Å². The Morgan fingerprint density at radius 1 is 1.00 bits per heavy atom. The maximum Gasteiger partial charge on any atom is 0.399 e. The Labute approximate surface area is 219 Å². The SMILES string of the molecule is O=CN(Cc1ccc(C(F)(F)P(=O)(O)O)c(Br)c1)/C(=C\NCc1ccc(C(=O)O)cc1)c1ccccc1. The molecule has 0 aromatic heterocycles. The second-order valence-electron chi connectivity index (χ2n) is 7.91. The van der Waals surface area contributed by atoms with Gasteiger partial charge in [0.1, 0.15) is 0 Å². The standard InChI is InChI=1S/C25H22BrF2N2O6P/c26-22-12-18(8-11-21(22)25(27,28)37(34,35)36)15-30(16-31)23(19-4-2-1-3-5-19)14-29-13-17-6-9-20(10-7-17)24(32)33/h1-12,14,16,29H,13,15H2,(H,32,33)(H2,34,35,36)/b23-14-. The van der Waals surface area contributed by atoms with E-state index in [0.29, 0.717) is 29.8 Å². The van der Waals surface area contributed by atoms with Crippen molar-refractivity contribution in [2.45, 2.75) is 18.8 Å². The minimum Gasteiger partial charge on any atom is -0.478 e. The largest absolute Gasteiger partial charge is 0.478 e. The normalized spacial score (nSPS) is 12.2. The number of hydrogen-bond donors (Lipinski definition) is 4. The Hall–Kier alpha value is -3.37. The molecule has 3 aromatic rings. The van der Waals surface area contributed by atoms with Gasteiger partial charge in [-0.2, -0.15) is 8.78 Å². The fourth-order valence-corrected chi connectivity index (χ4v) is 4.74. The van der Waals surface area contributed by atoms with Crippen molar-refractivity contribution in [1.82, 2.24) is 10.2 Å². The molecule has 0 atom stereocenters. The summed E-state index contributed by atoms with van der Waals surface area (Å²) in [6.07, 6.45) is 2.19. The number of nitrogens with one attached hydrogen (secondary N) is 1. The Morgan fingerprint density at radius 3 is 2.16 bits per heavy atom. The second-order valence-corrected chi connectivity index (χ2v) is 10.4. The number of aromatic carboxylic acids is 1. The average molecular weight is 595 g/mol. The predicted molar refractivity (Wildman–Crippen MR) is 136 cm³/mol. The van der Waals surface area contributed by atoms with Gasteiger partial charge in [0.25, 0.3) is 0 Å². The van der Waals surface area contributed by atoms with Gasteiger partial charge in [-0.1, -0.05) is 70.5 Å². The number of carboxylic acid groups (broad SMARTS) is 1. The van der Waals surface area contributed by atoms with Crippen molar-refractivity contribution in [3.05, 3.63) is 111 Å². The number of halogens is 3. The van der Waals surface area contributed by atoms with Crippen LogP contribution in [0.1, 0.15) is 32.6 Å². The number of hydrogen-bond acceptors (Lipinski definition) is 4. The number of amides is 1. The lowest BCUT2D eigenvalue weighted by atomic mass is 10.1. The highest BCUT2D eigenvalue weighted by atomic mass is 79.9. The molecule has 4 N–H and O–H groups in total. The molecule has 0 spiro atoms. The molecule has 0 aliphatic heterocycles. The van der Waals surface area contributed by atoms with E-state index in [1.165, 1.54) is 29.2 Å². The lowest BCUT2D eigenvalue weighted by Crippen LogP contribution is -2.22. The maximum atomic E-state index is 14.2. The summed E-state index contributed by atoms with van der Waals surface area (Å²) < 4.78 is 39.4. The third-order valence-electron chi connectivity index (χ3n) is 5.33. The highest BCUT2D eigenvalue weighted by molar-refractivity contribution is 9.10. The molecule has 0 aliphatic carbocycles. The predicted octanol–water partition coefficient (Wildman–Crippen LogP) is 5.12. The van der Waals surface area contributed by atoms with Gasteiger partial charge in [0, 0.05) is 22.8 Å². The second kappa shape index (κ2) is 11.8. The Kier molecular flexibility index (Phi) is 8.98. The summed E-state index contributed by atoms with van der Waals surface area (Å²) in [5.74, 6) is -1.03. The molecule has 0 fully saturated rings. The lowest BCUT2D eigenvalue weighted by molar-refractivity contribution is -0.115. The first-order valence-corrected chi connectivity index (χ1v) is 13.1. The van der Waals surface area contributed by atoms with E-state index in [2.05, 4.69) is 21.2 Å². The van der Waals surface area contributed by atoms with Gasteiger partial charge >= 0.3 is 19.2 Å². The fourth-order valence-electron chi connectivity index (χ4n) is 3.41. The van der Waals surface area contributed by atoms with Crippen molar-refractivity contribution in [2.24, 2.45) is 0 Å². The van der Waals surface area contributed by atoms with Crippen molar-refractivity contribution in [3.63, 3.8) is 0 Å². The molecule has 0 bridgehead atoms. The summed E-state index contributed by atoms with van der Waals surface area (Å²) >= 11 is 2.96. The van der Waals surface area contributed by atoms with Crippen molar-refractivity contribution < 1.29 is 37.8 Å². The number of nitrogens with zero attached hydrogens (tertiary/aromatic N) is 1. The molecular weight excluding hydrogens is 573 g/mol. The minimum absolute atomic E-state index is 0.0282. The van der Waals surface area contributed by atoms with Crippen molar-refractivity contribution in [2.75, 3.05) is 0 Å². The van der Waals surface area contributed by atoms with Crippen LogP contribution in [0.3, 0.4) is 0 Å². The molecule has 0 heterocycles. The van der Waals surface area contributed by atoms with Gasteiger partial charge in [-0.15, -0.1) is 0 Å². The van der Waals surface area contributed by atoms with Crippen LogP contribution >= 0.6 is 23.5 Å². The zero-order valence-corrected chi connectivity index (χ0v) is 21.6. The van der Waals surface area contributed by atoms with Gasteiger partial charge in [0.2, 0.25) is 6.41 Å². The number of carbonyl (C=O) groups is 2. The molecule has 194 valence electrons. The van der Waals surface area contributed by atoms with Crippen molar-refractivity contribution in [1.29, 1.82) is 0 Å². The van der Waals surface area contributed by atoms with E-state index in [0.717, 1.165) is 11.6 Å². The Balaban J connectivity index is 1.86. The van der Waals surface area contributed by atoms with Crippen LogP contribution in [0, 0.1) is 0 Å². The van der Waals surface area contributed by atoms with Crippen LogP contribution in [0.2, 0.25) is 0 Å². The number of carboxylic acids is 1. The molecule has 37 heavy (non-hydrogen) atoms. The van der Waals surface area contributed by atoms with Crippen LogP contribution in [-0.2, 0) is 28.1 Å². The molecule has 8 nitrogen and oxygen atoms in total. The molecule has 0 unspecified atom stereocenters. The van der Waals surface area contributed by atoms with Crippen molar-refractivity contribution >= 4 is 41.6 Å². The smallest absolute Gasteiger partial charge is 0.399 e. The number of rotatable bonds is 11.